The maximum Gasteiger partial charge on any atom is 0.309 e. The summed E-state index contributed by atoms with van der Waals surface area (Å²) in [5.41, 5.74) is -0.918. The molecule has 2 unspecified atom stereocenters. The Balaban J connectivity index is 5.05. The number of hydrogen-bond donors (Lipinski definition) is 2. The van der Waals surface area contributed by atoms with Crippen molar-refractivity contribution in [3.05, 3.63) is 0 Å². The first-order valence-electron chi connectivity index (χ1n) is 5.78. The van der Waals surface area contributed by atoms with Gasteiger partial charge >= 0.3 is 11.9 Å². The second-order valence-electron chi connectivity index (χ2n) is 4.62. The van der Waals surface area contributed by atoms with Crippen LogP contribution in [0, 0.1) is 17.3 Å². The van der Waals surface area contributed by atoms with Gasteiger partial charge in [-0.1, -0.05) is 27.7 Å². The van der Waals surface area contributed by atoms with Crippen molar-refractivity contribution in [3.63, 3.8) is 0 Å². The summed E-state index contributed by atoms with van der Waals surface area (Å²) >= 11 is 0. The Bertz CT molecular complexity index is 260. The molecule has 2 N–H and O–H groups in total. The van der Waals surface area contributed by atoms with Gasteiger partial charge in [-0.2, -0.15) is 0 Å². The zero-order valence-electron chi connectivity index (χ0n) is 10.5. The summed E-state index contributed by atoms with van der Waals surface area (Å²) in [5, 5.41) is 18.3. The molecule has 4 heteroatoms. The lowest BCUT2D eigenvalue weighted by Crippen LogP contribution is -2.39. The van der Waals surface area contributed by atoms with Crippen LogP contribution in [-0.4, -0.2) is 22.2 Å². The largest absolute Gasteiger partial charge is 0.481 e. The number of carboxylic acids is 2. The van der Waals surface area contributed by atoms with Gasteiger partial charge < -0.3 is 10.2 Å². The summed E-state index contributed by atoms with van der Waals surface area (Å²) in [6.45, 7) is 7.27. The molecule has 16 heavy (non-hydrogen) atoms. The molecule has 94 valence electrons. The number of rotatable bonds is 7. The monoisotopic (exact) mass is 230 g/mol. The lowest BCUT2D eigenvalue weighted by Gasteiger charge is -2.34. The van der Waals surface area contributed by atoms with Gasteiger partial charge in [0.15, 0.2) is 0 Å². The highest BCUT2D eigenvalue weighted by molar-refractivity contribution is 5.77. The summed E-state index contributed by atoms with van der Waals surface area (Å²) in [4.78, 5) is 22.4. The third-order valence-corrected chi connectivity index (χ3v) is 3.61. The minimum atomic E-state index is -0.918. The van der Waals surface area contributed by atoms with E-state index in [1.54, 1.807) is 6.92 Å². The molecule has 0 aliphatic heterocycles. The first-order valence-corrected chi connectivity index (χ1v) is 5.78. The van der Waals surface area contributed by atoms with Crippen molar-refractivity contribution in [2.24, 2.45) is 17.3 Å². The fourth-order valence-corrected chi connectivity index (χ4v) is 2.12. The molecule has 0 fully saturated rings. The Labute approximate surface area is 96.7 Å². The van der Waals surface area contributed by atoms with E-state index < -0.39 is 23.3 Å². The number of hydrogen-bond acceptors (Lipinski definition) is 2. The van der Waals surface area contributed by atoms with Gasteiger partial charge in [0.25, 0.3) is 0 Å². The van der Waals surface area contributed by atoms with Crippen molar-refractivity contribution < 1.29 is 19.8 Å². The minimum absolute atomic E-state index is 0.0663. The van der Waals surface area contributed by atoms with E-state index in [1.807, 2.05) is 20.8 Å². The quantitative estimate of drug-likeness (QED) is 0.705. The first kappa shape index (κ1) is 14.9. The van der Waals surface area contributed by atoms with Crippen LogP contribution in [0.2, 0.25) is 0 Å². The standard InChI is InChI=1S/C12H22O4/c1-5-9(10(13)14)7-12(6-2,8(3)4)11(15)16/h8-9H,5-7H2,1-4H3,(H,13,14)(H,15,16). The highest BCUT2D eigenvalue weighted by Crippen LogP contribution is 2.39. The van der Waals surface area contributed by atoms with Gasteiger partial charge in [-0.25, -0.2) is 0 Å². The Morgan fingerprint density at radius 1 is 1.19 bits per heavy atom. The average Bonchev–Trinajstić information content (AvgIpc) is 2.18. The number of aliphatic carboxylic acids is 2. The van der Waals surface area contributed by atoms with Crippen LogP contribution in [0.1, 0.15) is 47.0 Å². The molecular weight excluding hydrogens is 208 g/mol. The first-order chi connectivity index (χ1) is 7.31. The van der Waals surface area contributed by atoms with E-state index in [4.69, 9.17) is 5.11 Å². The summed E-state index contributed by atoms with van der Waals surface area (Å²) in [6.07, 6.45) is 1.14. The molecule has 0 amide bonds. The number of carbonyl (C=O) groups is 2. The van der Waals surface area contributed by atoms with Crippen LogP contribution < -0.4 is 0 Å². The number of carboxylic acid groups (broad SMARTS) is 2. The fraction of sp³-hybridized carbons (Fsp3) is 0.833. The SMILES string of the molecule is CCC(CC(CC)(C(=O)O)C(C)C)C(=O)O. The molecule has 0 heterocycles. The average molecular weight is 230 g/mol. The maximum atomic E-state index is 11.4. The van der Waals surface area contributed by atoms with Crippen LogP contribution in [0.15, 0.2) is 0 Å². The Kier molecular flexibility index (Phi) is 5.48. The van der Waals surface area contributed by atoms with Crippen LogP contribution in [0.4, 0.5) is 0 Å². The van der Waals surface area contributed by atoms with Crippen LogP contribution >= 0.6 is 0 Å². The van der Waals surface area contributed by atoms with Crippen molar-refractivity contribution in [1.82, 2.24) is 0 Å². The van der Waals surface area contributed by atoms with E-state index in [1.165, 1.54) is 0 Å². The van der Waals surface area contributed by atoms with Crippen LogP contribution in [0.25, 0.3) is 0 Å². The third-order valence-electron chi connectivity index (χ3n) is 3.61. The van der Waals surface area contributed by atoms with Crippen molar-refractivity contribution >= 4 is 11.9 Å². The normalized spacial score (nSPS) is 16.8. The highest BCUT2D eigenvalue weighted by Gasteiger charge is 2.42. The second kappa shape index (κ2) is 5.87. The van der Waals surface area contributed by atoms with Gasteiger partial charge in [0.2, 0.25) is 0 Å². The molecule has 0 saturated carbocycles. The predicted molar refractivity (Wildman–Crippen MR) is 61.2 cm³/mol. The van der Waals surface area contributed by atoms with Gasteiger partial charge in [-0.15, -0.1) is 0 Å². The second-order valence-corrected chi connectivity index (χ2v) is 4.62. The molecule has 0 rings (SSSR count). The van der Waals surface area contributed by atoms with Crippen molar-refractivity contribution in [1.29, 1.82) is 0 Å². The molecule has 0 aromatic heterocycles. The molecule has 0 aromatic rings. The summed E-state index contributed by atoms with van der Waals surface area (Å²) in [5.74, 6) is -2.42. The molecule has 0 radical (unpaired) electrons. The zero-order valence-corrected chi connectivity index (χ0v) is 10.5. The Morgan fingerprint density at radius 3 is 1.88 bits per heavy atom. The van der Waals surface area contributed by atoms with E-state index in [0.717, 1.165) is 0 Å². The fourth-order valence-electron chi connectivity index (χ4n) is 2.12. The Morgan fingerprint density at radius 2 is 1.69 bits per heavy atom. The zero-order chi connectivity index (χ0) is 12.9. The predicted octanol–water partition coefficient (Wildman–Crippen LogP) is 2.62. The molecule has 0 bridgehead atoms. The third kappa shape index (κ3) is 2.97. The van der Waals surface area contributed by atoms with Crippen molar-refractivity contribution in [2.45, 2.75) is 47.0 Å². The van der Waals surface area contributed by atoms with E-state index in [9.17, 15) is 14.7 Å². The smallest absolute Gasteiger partial charge is 0.309 e. The summed E-state index contributed by atoms with van der Waals surface area (Å²) in [6, 6.07) is 0. The lowest BCUT2D eigenvalue weighted by atomic mass is 9.69. The maximum absolute atomic E-state index is 11.4. The molecule has 0 spiro atoms. The Hall–Kier alpha value is -1.06. The highest BCUT2D eigenvalue weighted by atomic mass is 16.4. The van der Waals surface area contributed by atoms with Crippen molar-refractivity contribution in [2.75, 3.05) is 0 Å². The van der Waals surface area contributed by atoms with Crippen LogP contribution in [0.5, 0.6) is 0 Å². The van der Waals surface area contributed by atoms with Crippen LogP contribution in [0.3, 0.4) is 0 Å². The van der Waals surface area contributed by atoms with Crippen LogP contribution in [-0.2, 0) is 9.59 Å². The van der Waals surface area contributed by atoms with E-state index in [2.05, 4.69) is 0 Å². The molecular formula is C12H22O4. The molecule has 2 atom stereocenters. The van der Waals surface area contributed by atoms with E-state index in [0.29, 0.717) is 12.8 Å². The molecule has 0 aliphatic rings. The van der Waals surface area contributed by atoms with Gasteiger partial charge in [-0.05, 0) is 25.2 Å². The molecule has 0 saturated heterocycles. The van der Waals surface area contributed by atoms with E-state index >= 15 is 0 Å². The van der Waals surface area contributed by atoms with E-state index in [-0.39, 0.29) is 12.3 Å². The van der Waals surface area contributed by atoms with Gasteiger partial charge in [0.1, 0.15) is 0 Å². The lowest BCUT2D eigenvalue weighted by molar-refractivity contribution is -0.156. The molecule has 4 nitrogen and oxygen atoms in total. The van der Waals surface area contributed by atoms with Gasteiger partial charge in [0.05, 0.1) is 11.3 Å². The van der Waals surface area contributed by atoms with Crippen molar-refractivity contribution in [3.8, 4) is 0 Å². The van der Waals surface area contributed by atoms with Gasteiger partial charge in [-0.3, -0.25) is 9.59 Å². The summed E-state index contributed by atoms with van der Waals surface area (Å²) in [7, 11) is 0. The molecule has 0 aromatic carbocycles. The summed E-state index contributed by atoms with van der Waals surface area (Å²) < 4.78 is 0. The minimum Gasteiger partial charge on any atom is -0.481 e. The van der Waals surface area contributed by atoms with Gasteiger partial charge in [0, 0.05) is 0 Å². The topological polar surface area (TPSA) is 74.6 Å². The molecule has 0 aliphatic carbocycles.